The second kappa shape index (κ2) is 7.35. The zero-order valence-electron chi connectivity index (χ0n) is 12.4. The second-order valence-corrected chi connectivity index (χ2v) is 4.38. The summed E-state index contributed by atoms with van der Waals surface area (Å²) in [7, 11) is 0. The molecule has 0 radical (unpaired) electrons. The van der Waals surface area contributed by atoms with E-state index in [4.69, 9.17) is 10.8 Å². The number of fused-ring (bicyclic) bond motifs is 1. The molecule has 2 rings (SSSR count). The zero-order valence-corrected chi connectivity index (χ0v) is 12.4. The van der Waals surface area contributed by atoms with Crippen LogP contribution in [-0.2, 0) is 9.59 Å². The Kier molecular flexibility index (Phi) is 5.80. The summed E-state index contributed by atoms with van der Waals surface area (Å²) in [5, 5.41) is 9.16. The number of amides is 3. The maximum Gasteiger partial charge on any atom is 0.326 e. The number of hydrogen-bond acceptors (Lipinski definition) is 4. The van der Waals surface area contributed by atoms with Crippen LogP contribution >= 0.6 is 0 Å². The summed E-state index contributed by atoms with van der Waals surface area (Å²) in [6.07, 6.45) is -0.416. The molecule has 3 N–H and O–H groups in total. The molecule has 0 aromatic heterocycles. The van der Waals surface area contributed by atoms with Gasteiger partial charge in [-0.25, -0.2) is 4.79 Å². The van der Waals surface area contributed by atoms with Crippen molar-refractivity contribution in [1.29, 1.82) is 0 Å². The Labute approximate surface area is 127 Å². The average Bonchev–Trinajstić information content (AvgIpc) is 2.74. The Morgan fingerprint density at radius 3 is 1.95 bits per heavy atom. The normalized spacial score (nSPS) is 14.0. The van der Waals surface area contributed by atoms with Crippen molar-refractivity contribution in [1.82, 2.24) is 4.90 Å². The second-order valence-electron chi connectivity index (χ2n) is 4.38. The number of carboxylic acid groups (broad SMARTS) is 1. The third-order valence-electron chi connectivity index (χ3n) is 3.09. The number of carbonyl (C=O) groups excluding carboxylic acids is 3. The number of carbonyl (C=O) groups is 4. The van der Waals surface area contributed by atoms with Crippen LogP contribution in [0.3, 0.4) is 0 Å². The first-order valence-electron chi connectivity index (χ1n) is 6.91. The smallest absolute Gasteiger partial charge is 0.326 e. The molecule has 0 saturated heterocycles. The van der Waals surface area contributed by atoms with Crippen molar-refractivity contribution in [3.63, 3.8) is 0 Å². The van der Waals surface area contributed by atoms with E-state index in [0.717, 1.165) is 0 Å². The highest BCUT2D eigenvalue weighted by atomic mass is 16.4. The van der Waals surface area contributed by atoms with Crippen LogP contribution in [0.5, 0.6) is 0 Å². The van der Waals surface area contributed by atoms with Gasteiger partial charge in [0.1, 0.15) is 6.04 Å². The average molecular weight is 306 g/mol. The Morgan fingerprint density at radius 1 is 1.14 bits per heavy atom. The number of rotatable bonds is 5. The van der Waals surface area contributed by atoms with E-state index in [-0.39, 0.29) is 24.0 Å². The predicted molar refractivity (Wildman–Crippen MR) is 78.1 cm³/mol. The summed E-state index contributed by atoms with van der Waals surface area (Å²) in [6.45, 7) is 4.00. The number of nitrogens with zero attached hydrogens (tertiary/aromatic N) is 1. The maximum atomic E-state index is 12.1. The van der Waals surface area contributed by atoms with E-state index in [1.807, 2.05) is 13.8 Å². The molecule has 1 aromatic rings. The fraction of sp³-hybridized carbons (Fsp3) is 0.333. The molecule has 0 aliphatic carbocycles. The Balaban J connectivity index is 0.00000116. The molecule has 1 aliphatic heterocycles. The minimum Gasteiger partial charge on any atom is -0.480 e. The monoisotopic (exact) mass is 306 g/mol. The first kappa shape index (κ1) is 17.4. The number of primary amides is 1. The van der Waals surface area contributed by atoms with Gasteiger partial charge >= 0.3 is 5.97 Å². The van der Waals surface area contributed by atoms with Crippen molar-refractivity contribution in [2.75, 3.05) is 0 Å². The van der Waals surface area contributed by atoms with Crippen LogP contribution < -0.4 is 5.73 Å². The van der Waals surface area contributed by atoms with E-state index >= 15 is 0 Å². The standard InChI is InChI=1S/C13H12N2O5.C2H6/c14-10(16)6-5-9(13(19)20)15-11(17)7-3-1-2-4-8(7)12(15)18;1-2/h1-4,9H,5-6H2,(H2,14,16)(H,19,20);1-2H3. The molecule has 0 spiro atoms. The number of carboxylic acids is 1. The quantitative estimate of drug-likeness (QED) is 0.788. The molecule has 3 amide bonds. The summed E-state index contributed by atoms with van der Waals surface area (Å²) in [4.78, 5) is 46.9. The van der Waals surface area contributed by atoms with Gasteiger partial charge < -0.3 is 10.8 Å². The molecule has 0 saturated carbocycles. The first-order valence-corrected chi connectivity index (χ1v) is 6.91. The van der Waals surface area contributed by atoms with Gasteiger partial charge in [-0.1, -0.05) is 26.0 Å². The van der Waals surface area contributed by atoms with E-state index in [9.17, 15) is 19.2 Å². The summed E-state index contributed by atoms with van der Waals surface area (Å²) < 4.78 is 0. The molecule has 1 aromatic carbocycles. The lowest BCUT2D eigenvalue weighted by atomic mass is 10.1. The van der Waals surface area contributed by atoms with Crippen LogP contribution in [0.4, 0.5) is 0 Å². The van der Waals surface area contributed by atoms with Gasteiger partial charge in [-0.15, -0.1) is 0 Å². The van der Waals surface area contributed by atoms with Crippen LogP contribution in [0, 0.1) is 0 Å². The van der Waals surface area contributed by atoms with E-state index in [2.05, 4.69) is 0 Å². The van der Waals surface area contributed by atoms with Gasteiger partial charge in [-0.2, -0.15) is 0 Å². The van der Waals surface area contributed by atoms with E-state index in [0.29, 0.717) is 4.90 Å². The molecule has 7 heteroatoms. The van der Waals surface area contributed by atoms with Crippen LogP contribution in [0.2, 0.25) is 0 Å². The minimum absolute atomic E-state index is 0.169. The summed E-state index contributed by atoms with van der Waals surface area (Å²) >= 11 is 0. The van der Waals surface area contributed by atoms with Crippen molar-refractivity contribution in [3.8, 4) is 0 Å². The van der Waals surface area contributed by atoms with Gasteiger partial charge in [0.05, 0.1) is 11.1 Å². The topological polar surface area (TPSA) is 118 Å². The van der Waals surface area contributed by atoms with Crippen molar-refractivity contribution in [2.24, 2.45) is 5.73 Å². The summed E-state index contributed by atoms with van der Waals surface area (Å²) in [5.41, 5.74) is 5.31. The van der Waals surface area contributed by atoms with Crippen LogP contribution in [-0.4, -0.2) is 39.7 Å². The van der Waals surface area contributed by atoms with E-state index in [1.54, 1.807) is 12.1 Å². The highest BCUT2D eigenvalue weighted by molar-refractivity contribution is 6.22. The lowest BCUT2D eigenvalue weighted by molar-refractivity contribution is -0.141. The lowest BCUT2D eigenvalue weighted by Crippen LogP contribution is -2.45. The highest BCUT2D eigenvalue weighted by Gasteiger charge is 2.42. The zero-order chi connectivity index (χ0) is 16.9. The predicted octanol–water partition coefficient (Wildman–Crippen LogP) is 1.03. The van der Waals surface area contributed by atoms with Crippen LogP contribution in [0.25, 0.3) is 0 Å². The van der Waals surface area contributed by atoms with Crippen molar-refractivity contribution < 1.29 is 24.3 Å². The fourth-order valence-electron chi connectivity index (χ4n) is 2.13. The van der Waals surface area contributed by atoms with Crippen molar-refractivity contribution in [3.05, 3.63) is 35.4 Å². The van der Waals surface area contributed by atoms with E-state index in [1.165, 1.54) is 12.1 Å². The van der Waals surface area contributed by atoms with Gasteiger partial charge in [-0.3, -0.25) is 19.3 Å². The fourth-order valence-corrected chi connectivity index (χ4v) is 2.13. The molecular weight excluding hydrogens is 288 g/mol. The molecule has 1 atom stereocenters. The Hall–Kier alpha value is -2.70. The Bertz CT molecular complexity index is 577. The molecule has 1 heterocycles. The largest absolute Gasteiger partial charge is 0.480 e. The number of benzene rings is 1. The van der Waals surface area contributed by atoms with E-state index < -0.39 is 29.7 Å². The molecule has 7 nitrogen and oxygen atoms in total. The van der Waals surface area contributed by atoms with Crippen LogP contribution in [0.15, 0.2) is 24.3 Å². The summed E-state index contributed by atoms with van der Waals surface area (Å²) in [6, 6.07) is 4.71. The lowest BCUT2D eigenvalue weighted by Gasteiger charge is -2.21. The number of hydrogen-bond donors (Lipinski definition) is 2. The minimum atomic E-state index is -1.39. The molecule has 1 aliphatic rings. The number of nitrogens with two attached hydrogens (primary N) is 1. The summed E-state index contributed by atoms with van der Waals surface area (Å²) in [5.74, 6) is -3.36. The SMILES string of the molecule is CC.NC(=O)CCC(C(=O)O)N1C(=O)c2ccccc2C1=O. The molecular formula is C15H18N2O5. The van der Waals surface area contributed by atoms with Gasteiger partial charge in [-0.05, 0) is 18.6 Å². The molecule has 1 unspecified atom stereocenters. The molecule has 118 valence electrons. The third-order valence-corrected chi connectivity index (χ3v) is 3.09. The third kappa shape index (κ3) is 3.30. The molecule has 0 fully saturated rings. The van der Waals surface area contributed by atoms with Crippen molar-refractivity contribution in [2.45, 2.75) is 32.7 Å². The van der Waals surface area contributed by atoms with Crippen LogP contribution in [0.1, 0.15) is 47.4 Å². The van der Waals surface area contributed by atoms with Gasteiger partial charge in [0.15, 0.2) is 0 Å². The van der Waals surface area contributed by atoms with Crippen molar-refractivity contribution >= 4 is 23.7 Å². The maximum absolute atomic E-state index is 12.1. The number of imide groups is 1. The highest BCUT2D eigenvalue weighted by Crippen LogP contribution is 2.26. The Morgan fingerprint density at radius 2 is 1.59 bits per heavy atom. The first-order chi connectivity index (χ1) is 10.4. The molecule has 0 bridgehead atoms. The van der Waals surface area contributed by atoms with Gasteiger partial charge in [0.2, 0.25) is 5.91 Å². The van der Waals surface area contributed by atoms with Gasteiger partial charge in [0, 0.05) is 6.42 Å². The number of aliphatic carboxylic acids is 1. The van der Waals surface area contributed by atoms with Gasteiger partial charge in [0.25, 0.3) is 11.8 Å². The molecule has 22 heavy (non-hydrogen) atoms.